The van der Waals surface area contributed by atoms with Crippen LogP contribution in [0.5, 0.6) is 0 Å². The summed E-state index contributed by atoms with van der Waals surface area (Å²) in [5.74, 6) is -0.115. The SMILES string of the molecule is COCCn1ncc(Br)c1C(=O)c1snnc1C(C)(C)C. The molecule has 2 aromatic heterocycles. The molecule has 0 radical (unpaired) electrons. The molecule has 0 aliphatic carbocycles. The molecule has 0 atom stereocenters. The molecule has 2 heterocycles. The lowest BCUT2D eigenvalue weighted by Crippen LogP contribution is -2.19. The van der Waals surface area contributed by atoms with Crippen LogP contribution >= 0.6 is 27.5 Å². The highest BCUT2D eigenvalue weighted by Gasteiger charge is 2.29. The molecule has 0 aromatic carbocycles. The van der Waals surface area contributed by atoms with Gasteiger partial charge in [-0.25, -0.2) is 0 Å². The third kappa shape index (κ3) is 3.38. The number of carbonyl (C=O) groups is 1. The van der Waals surface area contributed by atoms with Gasteiger partial charge in [0.1, 0.15) is 10.6 Å². The number of hydrogen-bond donors (Lipinski definition) is 0. The molecule has 0 unspecified atom stereocenters. The molecular weight excluding hydrogens is 356 g/mol. The Balaban J connectivity index is 2.42. The average molecular weight is 373 g/mol. The minimum absolute atomic E-state index is 0.115. The fourth-order valence-electron chi connectivity index (χ4n) is 1.87. The molecule has 2 aromatic rings. The Hall–Kier alpha value is -1.12. The minimum Gasteiger partial charge on any atom is -0.383 e. The van der Waals surface area contributed by atoms with E-state index < -0.39 is 0 Å². The van der Waals surface area contributed by atoms with Crippen molar-refractivity contribution in [1.29, 1.82) is 0 Å². The van der Waals surface area contributed by atoms with Crippen LogP contribution in [0.15, 0.2) is 10.7 Å². The Morgan fingerprint density at radius 2 is 2.19 bits per heavy atom. The van der Waals surface area contributed by atoms with E-state index in [0.717, 1.165) is 11.5 Å². The van der Waals surface area contributed by atoms with Crippen LogP contribution in [0, 0.1) is 0 Å². The van der Waals surface area contributed by atoms with Gasteiger partial charge in [0.25, 0.3) is 0 Å². The zero-order valence-corrected chi connectivity index (χ0v) is 14.8. The third-order valence-electron chi connectivity index (χ3n) is 2.92. The maximum atomic E-state index is 12.8. The zero-order chi connectivity index (χ0) is 15.6. The molecule has 8 heteroatoms. The average Bonchev–Trinajstić information content (AvgIpc) is 3.01. The van der Waals surface area contributed by atoms with E-state index in [9.17, 15) is 4.79 Å². The van der Waals surface area contributed by atoms with Crippen molar-refractivity contribution >= 4 is 33.2 Å². The molecule has 0 saturated carbocycles. The molecule has 6 nitrogen and oxygen atoms in total. The summed E-state index contributed by atoms with van der Waals surface area (Å²) in [4.78, 5) is 13.4. The summed E-state index contributed by atoms with van der Waals surface area (Å²) in [5, 5.41) is 8.33. The number of ketones is 1. The number of aromatic nitrogens is 4. The number of hydrogen-bond acceptors (Lipinski definition) is 6. The normalized spacial score (nSPS) is 11.9. The topological polar surface area (TPSA) is 69.9 Å². The Labute approximate surface area is 135 Å². The maximum absolute atomic E-state index is 12.8. The van der Waals surface area contributed by atoms with E-state index in [4.69, 9.17) is 4.74 Å². The van der Waals surface area contributed by atoms with Gasteiger partial charge < -0.3 is 4.74 Å². The maximum Gasteiger partial charge on any atom is 0.225 e. The van der Waals surface area contributed by atoms with E-state index in [-0.39, 0.29) is 11.2 Å². The van der Waals surface area contributed by atoms with Crippen molar-refractivity contribution in [3.05, 3.63) is 26.9 Å². The van der Waals surface area contributed by atoms with Crippen LogP contribution in [-0.2, 0) is 16.7 Å². The van der Waals surface area contributed by atoms with Crippen LogP contribution in [0.2, 0.25) is 0 Å². The summed E-state index contributed by atoms with van der Waals surface area (Å²) in [7, 11) is 1.62. The first-order chi connectivity index (χ1) is 9.86. The highest BCUT2D eigenvalue weighted by Crippen LogP contribution is 2.29. The van der Waals surface area contributed by atoms with Gasteiger partial charge in [0.05, 0.1) is 29.5 Å². The van der Waals surface area contributed by atoms with Crippen LogP contribution in [0.1, 0.15) is 41.8 Å². The van der Waals surface area contributed by atoms with Gasteiger partial charge in [-0.1, -0.05) is 25.3 Å². The van der Waals surface area contributed by atoms with Crippen LogP contribution in [0.25, 0.3) is 0 Å². The lowest BCUT2D eigenvalue weighted by atomic mass is 9.90. The molecule has 114 valence electrons. The fraction of sp³-hybridized carbons (Fsp3) is 0.538. The molecule has 21 heavy (non-hydrogen) atoms. The van der Waals surface area contributed by atoms with Crippen molar-refractivity contribution in [3.8, 4) is 0 Å². The predicted molar refractivity (Wildman–Crippen MR) is 83.8 cm³/mol. The smallest absolute Gasteiger partial charge is 0.225 e. The van der Waals surface area contributed by atoms with Gasteiger partial charge in [-0.05, 0) is 27.5 Å². The number of ether oxygens (including phenoxy) is 1. The van der Waals surface area contributed by atoms with Gasteiger partial charge in [0.15, 0.2) is 0 Å². The van der Waals surface area contributed by atoms with Gasteiger partial charge in [-0.2, -0.15) is 5.10 Å². The minimum atomic E-state index is -0.234. The number of methoxy groups -OCH3 is 1. The molecule has 0 saturated heterocycles. The summed E-state index contributed by atoms with van der Waals surface area (Å²) in [5.41, 5.74) is 0.981. The highest BCUT2D eigenvalue weighted by molar-refractivity contribution is 9.10. The summed E-state index contributed by atoms with van der Waals surface area (Å²) < 4.78 is 11.3. The van der Waals surface area contributed by atoms with Crippen molar-refractivity contribution in [3.63, 3.8) is 0 Å². The van der Waals surface area contributed by atoms with E-state index >= 15 is 0 Å². The first-order valence-corrected chi connectivity index (χ1v) is 8.00. The van der Waals surface area contributed by atoms with Crippen LogP contribution < -0.4 is 0 Å². The lowest BCUT2D eigenvalue weighted by Gasteiger charge is -2.16. The van der Waals surface area contributed by atoms with E-state index in [2.05, 4.69) is 30.6 Å². The molecule has 0 N–H and O–H groups in total. The van der Waals surface area contributed by atoms with E-state index in [0.29, 0.717) is 33.9 Å². The largest absolute Gasteiger partial charge is 0.383 e. The second kappa shape index (κ2) is 6.33. The number of nitrogens with zero attached hydrogens (tertiary/aromatic N) is 4. The first kappa shape index (κ1) is 16.3. The van der Waals surface area contributed by atoms with Crippen molar-refractivity contribution in [2.24, 2.45) is 0 Å². The van der Waals surface area contributed by atoms with Crippen molar-refractivity contribution in [2.75, 3.05) is 13.7 Å². The number of halogens is 1. The molecule has 2 rings (SSSR count). The monoisotopic (exact) mass is 372 g/mol. The lowest BCUT2D eigenvalue weighted by molar-refractivity contribution is 0.102. The van der Waals surface area contributed by atoms with Crippen molar-refractivity contribution in [1.82, 2.24) is 19.4 Å². The van der Waals surface area contributed by atoms with Gasteiger partial charge in [-0.3, -0.25) is 9.48 Å². The van der Waals surface area contributed by atoms with Crippen LogP contribution in [0.4, 0.5) is 0 Å². The molecule has 0 amide bonds. The van der Waals surface area contributed by atoms with Gasteiger partial charge in [0, 0.05) is 12.5 Å². The number of carbonyl (C=O) groups excluding carboxylic acids is 1. The van der Waals surface area contributed by atoms with Gasteiger partial charge in [0.2, 0.25) is 5.78 Å². The standard InChI is InChI=1S/C13H17BrN4O2S/c1-13(2,3)12-11(21-17-16-12)10(19)9-8(14)7-15-18(9)5-6-20-4/h7H,5-6H2,1-4H3. The van der Waals surface area contributed by atoms with Crippen molar-refractivity contribution < 1.29 is 9.53 Å². The zero-order valence-electron chi connectivity index (χ0n) is 12.4. The fourth-order valence-corrected chi connectivity index (χ4v) is 3.17. The van der Waals surface area contributed by atoms with E-state index in [1.54, 1.807) is 18.0 Å². The summed E-state index contributed by atoms with van der Waals surface area (Å²) in [6.07, 6.45) is 1.62. The Kier molecular flexibility index (Phi) is 4.90. The Bertz CT molecular complexity index is 645. The Morgan fingerprint density at radius 3 is 2.81 bits per heavy atom. The summed E-state index contributed by atoms with van der Waals surface area (Å²) >= 11 is 4.51. The Morgan fingerprint density at radius 1 is 1.48 bits per heavy atom. The third-order valence-corrected chi connectivity index (χ3v) is 4.23. The second-order valence-electron chi connectivity index (χ2n) is 5.59. The molecule has 0 bridgehead atoms. The molecule has 0 fully saturated rings. The van der Waals surface area contributed by atoms with E-state index in [1.807, 2.05) is 20.8 Å². The molecule has 0 spiro atoms. The quantitative estimate of drug-likeness (QED) is 0.754. The second-order valence-corrected chi connectivity index (χ2v) is 7.20. The van der Waals surface area contributed by atoms with Crippen molar-refractivity contribution in [2.45, 2.75) is 32.7 Å². The summed E-state index contributed by atoms with van der Waals surface area (Å²) in [6, 6.07) is 0. The predicted octanol–water partition coefficient (Wildman–Crippen LogP) is 2.67. The van der Waals surface area contributed by atoms with Crippen LogP contribution in [-0.4, -0.2) is 38.9 Å². The molecular formula is C13H17BrN4O2S. The van der Waals surface area contributed by atoms with Crippen LogP contribution in [0.3, 0.4) is 0 Å². The summed E-state index contributed by atoms with van der Waals surface area (Å²) in [6.45, 7) is 7.04. The number of rotatable bonds is 5. The highest BCUT2D eigenvalue weighted by atomic mass is 79.9. The van der Waals surface area contributed by atoms with Gasteiger partial charge >= 0.3 is 0 Å². The first-order valence-electron chi connectivity index (χ1n) is 6.44. The molecule has 0 aliphatic heterocycles. The molecule has 0 aliphatic rings. The van der Waals surface area contributed by atoms with E-state index in [1.165, 1.54) is 0 Å². The van der Waals surface area contributed by atoms with Gasteiger partial charge in [-0.15, -0.1) is 5.10 Å².